The monoisotopic (exact) mass is 481 g/mol. The SMILES string of the molecule is COc1cccn2ncc(C(=O)N3[C@H]4CCC[C@@H]3c3nn(C)c(-c5cc(F)c(F)c(F)c5)c3C4)c12. The third-order valence-electron chi connectivity index (χ3n) is 7.12. The minimum absolute atomic E-state index is 0.114. The molecule has 2 aliphatic rings. The topological polar surface area (TPSA) is 64.7 Å². The van der Waals surface area contributed by atoms with Crippen molar-refractivity contribution in [3.05, 3.63) is 70.9 Å². The molecular weight excluding hydrogens is 459 g/mol. The molecule has 0 spiro atoms. The maximum Gasteiger partial charge on any atom is 0.258 e. The maximum absolute atomic E-state index is 14.0. The van der Waals surface area contributed by atoms with Crippen LogP contribution in [-0.4, -0.2) is 43.4 Å². The van der Waals surface area contributed by atoms with E-state index in [-0.39, 0.29) is 23.6 Å². The molecule has 1 fully saturated rings. The number of rotatable bonds is 3. The first kappa shape index (κ1) is 21.7. The number of halogens is 3. The molecule has 0 radical (unpaired) electrons. The van der Waals surface area contributed by atoms with E-state index in [4.69, 9.17) is 4.74 Å². The van der Waals surface area contributed by atoms with Gasteiger partial charge in [-0.15, -0.1) is 0 Å². The molecule has 2 bridgehead atoms. The number of methoxy groups -OCH3 is 1. The van der Waals surface area contributed by atoms with Crippen LogP contribution in [0, 0.1) is 17.5 Å². The average molecular weight is 481 g/mol. The summed E-state index contributed by atoms with van der Waals surface area (Å²) in [5.74, 6) is -3.59. The zero-order valence-electron chi connectivity index (χ0n) is 19.1. The second-order valence-electron chi connectivity index (χ2n) is 9.03. The van der Waals surface area contributed by atoms with Crippen molar-refractivity contribution in [1.29, 1.82) is 0 Å². The second-order valence-corrected chi connectivity index (χ2v) is 9.03. The number of aromatic nitrogens is 4. The molecule has 1 saturated heterocycles. The molecule has 1 amide bonds. The predicted octanol–water partition coefficient (Wildman–Crippen LogP) is 4.45. The van der Waals surface area contributed by atoms with Crippen LogP contribution in [-0.2, 0) is 13.5 Å². The van der Waals surface area contributed by atoms with Crippen LogP contribution < -0.4 is 4.74 Å². The van der Waals surface area contributed by atoms with Crippen LogP contribution >= 0.6 is 0 Å². The van der Waals surface area contributed by atoms with Crippen LogP contribution in [0.4, 0.5) is 13.2 Å². The third kappa shape index (κ3) is 3.15. The molecule has 5 heterocycles. The Labute approximate surface area is 198 Å². The van der Waals surface area contributed by atoms with Crippen molar-refractivity contribution in [3.8, 4) is 17.0 Å². The molecule has 0 saturated carbocycles. The minimum Gasteiger partial charge on any atom is -0.494 e. The Hall–Kier alpha value is -3.82. The summed E-state index contributed by atoms with van der Waals surface area (Å²) in [4.78, 5) is 15.8. The van der Waals surface area contributed by atoms with Gasteiger partial charge in [-0.2, -0.15) is 10.2 Å². The van der Waals surface area contributed by atoms with Crippen LogP contribution in [0.15, 0.2) is 36.7 Å². The lowest BCUT2D eigenvalue weighted by atomic mass is 9.81. The third-order valence-corrected chi connectivity index (χ3v) is 7.12. The molecule has 3 aromatic heterocycles. The van der Waals surface area contributed by atoms with E-state index >= 15 is 0 Å². The molecule has 35 heavy (non-hydrogen) atoms. The molecule has 0 unspecified atom stereocenters. The summed E-state index contributed by atoms with van der Waals surface area (Å²) in [7, 11) is 3.24. The van der Waals surface area contributed by atoms with Crippen LogP contribution in [0.25, 0.3) is 16.8 Å². The van der Waals surface area contributed by atoms with Gasteiger partial charge in [0.1, 0.15) is 11.3 Å². The van der Waals surface area contributed by atoms with E-state index in [9.17, 15) is 18.0 Å². The van der Waals surface area contributed by atoms with Gasteiger partial charge < -0.3 is 9.64 Å². The number of hydrogen-bond acceptors (Lipinski definition) is 4. The molecule has 180 valence electrons. The molecule has 4 aromatic rings. The number of nitrogens with zero attached hydrogens (tertiary/aromatic N) is 5. The summed E-state index contributed by atoms with van der Waals surface area (Å²) in [5, 5.41) is 9.01. The normalized spacial score (nSPS) is 19.2. The van der Waals surface area contributed by atoms with Gasteiger partial charge in [0.05, 0.1) is 36.3 Å². The number of ether oxygens (including phenoxy) is 1. The van der Waals surface area contributed by atoms with Gasteiger partial charge in [-0.25, -0.2) is 17.7 Å². The maximum atomic E-state index is 14.0. The number of fused-ring (bicyclic) bond motifs is 5. The van der Waals surface area contributed by atoms with Gasteiger partial charge in [0.2, 0.25) is 0 Å². The lowest BCUT2D eigenvalue weighted by molar-refractivity contribution is 0.0393. The van der Waals surface area contributed by atoms with Gasteiger partial charge in [-0.3, -0.25) is 9.48 Å². The van der Waals surface area contributed by atoms with E-state index in [0.717, 1.165) is 30.5 Å². The molecule has 10 heteroatoms. The highest BCUT2D eigenvalue weighted by molar-refractivity contribution is 6.02. The van der Waals surface area contributed by atoms with Crippen LogP contribution in [0.1, 0.15) is 46.9 Å². The van der Waals surface area contributed by atoms with E-state index in [0.29, 0.717) is 41.1 Å². The van der Waals surface area contributed by atoms with Crippen molar-refractivity contribution in [2.75, 3.05) is 7.11 Å². The molecule has 7 nitrogen and oxygen atoms in total. The summed E-state index contributed by atoms with van der Waals surface area (Å²) >= 11 is 0. The number of carbonyl (C=O) groups is 1. The van der Waals surface area contributed by atoms with Gasteiger partial charge in [-0.1, -0.05) is 0 Å². The number of pyridine rings is 1. The Bertz CT molecular complexity index is 1470. The van der Waals surface area contributed by atoms with Crippen molar-refractivity contribution in [2.45, 2.75) is 37.8 Å². The molecular formula is C25H22F3N5O2. The van der Waals surface area contributed by atoms with Gasteiger partial charge >= 0.3 is 0 Å². The van der Waals surface area contributed by atoms with E-state index in [1.165, 1.54) is 0 Å². The fourth-order valence-corrected chi connectivity index (χ4v) is 5.67. The number of hydrogen-bond donors (Lipinski definition) is 0. The lowest BCUT2D eigenvalue weighted by Gasteiger charge is -2.45. The van der Waals surface area contributed by atoms with E-state index in [1.807, 2.05) is 4.90 Å². The van der Waals surface area contributed by atoms with Crippen molar-refractivity contribution in [1.82, 2.24) is 24.3 Å². The van der Waals surface area contributed by atoms with Gasteiger partial charge in [0.15, 0.2) is 17.5 Å². The summed E-state index contributed by atoms with van der Waals surface area (Å²) in [6.07, 6.45) is 6.24. The Morgan fingerprint density at radius 2 is 1.94 bits per heavy atom. The predicted molar refractivity (Wildman–Crippen MR) is 121 cm³/mol. The summed E-state index contributed by atoms with van der Waals surface area (Å²) in [5.41, 5.74) is 3.36. The fourth-order valence-electron chi connectivity index (χ4n) is 5.67. The van der Waals surface area contributed by atoms with Gasteiger partial charge in [-0.05, 0) is 49.9 Å². The first-order valence-electron chi connectivity index (χ1n) is 11.4. The lowest BCUT2D eigenvalue weighted by Crippen LogP contribution is -2.49. The van der Waals surface area contributed by atoms with E-state index in [2.05, 4.69) is 10.2 Å². The fraction of sp³-hybridized carbons (Fsp3) is 0.320. The minimum atomic E-state index is -1.50. The van der Waals surface area contributed by atoms with Crippen molar-refractivity contribution in [2.24, 2.45) is 7.05 Å². The van der Waals surface area contributed by atoms with E-state index in [1.54, 1.807) is 47.9 Å². The number of amides is 1. The molecule has 0 aliphatic carbocycles. The van der Waals surface area contributed by atoms with E-state index < -0.39 is 17.5 Å². The first-order valence-corrected chi connectivity index (χ1v) is 11.4. The smallest absolute Gasteiger partial charge is 0.258 e. The van der Waals surface area contributed by atoms with Crippen LogP contribution in [0.2, 0.25) is 0 Å². The Balaban J connectivity index is 1.45. The highest BCUT2D eigenvalue weighted by atomic mass is 19.2. The number of benzene rings is 1. The van der Waals surface area contributed by atoms with Crippen molar-refractivity contribution < 1.29 is 22.7 Å². The number of piperidine rings is 1. The summed E-state index contributed by atoms with van der Waals surface area (Å²) in [6, 6.07) is 5.17. The highest BCUT2D eigenvalue weighted by Gasteiger charge is 2.44. The summed E-state index contributed by atoms with van der Waals surface area (Å²) < 4.78 is 50.3. The largest absolute Gasteiger partial charge is 0.494 e. The quantitative estimate of drug-likeness (QED) is 0.406. The Morgan fingerprint density at radius 3 is 2.69 bits per heavy atom. The number of aryl methyl sites for hydroxylation is 1. The standard InChI is InChI=1S/C25H22F3N5O2/c1-31-23(13-9-17(26)21(28)18(27)10-13)15-11-14-5-3-6-19(22(15)30-31)33(14)25(34)16-12-29-32-8-4-7-20(35-2)24(16)32/h4,7-10,12,14,19H,3,5-6,11H2,1-2H3/t14-,19+/m0/s1. The number of carbonyl (C=O) groups excluding carboxylic acids is 1. The first-order chi connectivity index (χ1) is 16.9. The Morgan fingerprint density at radius 1 is 1.17 bits per heavy atom. The highest BCUT2D eigenvalue weighted by Crippen LogP contribution is 2.45. The van der Waals surface area contributed by atoms with Crippen molar-refractivity contribution in [3.63, 3.8) is 0 Å². The zero-order valence-corrected chi connectivity index (χ0v) is 19.1. The van der Waals surface area contributed by atoms with Gasteiger partial charge in [0.25, 0.3) is 5.91 Å². The molecule has 2 atom stereocenters. The van der Waals surface area contributed by atoms with Crippen molar-refractivity contribution >= 4 is 11.4 Å². The summed E-state index contributed by atoms with van der Waals surface area (Å²) in [6.45, 7) is 0. The Kier molecular flexibility index (Phi) is 4.87. The van der Waals surface area contributed by atoms with Crippen LogP contribution in [0.3, 0.4) is 0 Å². The molecule has 0 N–H and O–H groups in total. The average Bonchev–Trinajstić information content (AvgIpc) is 3.42. The molecule has 2 aliphatic heterocycles. The van der Waals surface area contributed by atoms with Gasteiger partial charge in [0, 0.05) is 30.4 Å². The zero-order chi connectivity index (χ0) is 24.4. The molecule has 1 aromatic carbocycles. The van der Waals surface area contributed by atoms with Crippen LogP contribution in [0.5, 0.6) is 5.75 Å². The second kappa shape index (κ2) is 7.86. The molecule has 6 rings (SSSR count).